The van der Waals surface area contributed by atoms with Crippen LogP contribution in [0.25, 0.3) is 0 Å². The van der Waals surface area contributed by atoms with E-state index in [0.717, 1.165) is 11.1 Å². The minimum Gasteiger partial charge on any atom is -0.481 e. The number of nitrogens with zero attached hydrogens (tertiary/aromatic N) is 1. The lowest BCUT2D eigenvalue weighted by atomic mass is 9.80. The van der Waals surface area contributed by atoms with Crippen LogP contribution in [-0.4, -0.2) is 61.3 Å². The van der Waals surface area contributed by atoms with Crippen molar-refractivity contribution >= 4 is 21.9 Å². The predicted octanol–water partition coefficient (Wildman–Crippen LogP) is 0.761. The second-order valence-corrected chi connectivity index (χ2v) is 9.56. The molecule has 1 aromatic rings. The first kappa shape index (κ1) is 20.8. The summed E-state index contributed by atoms with van der Waals surface area (Å²) in [5.74, 6) is -1.53. The Labute approximate surface area is 164 Å². The van der Waals surface area contributed by atoms with Crippen molar-refractivity contribution < 1.29 is 27.9 Å². The molecule has 2 aliphatic heterocycles. The number of fused-ring (bicyclic) bond motifs is 1. The molecule has 1 aromatic carbocycles. The van der Waals surface area contributed by atoms with E-state index in [4.69, 9.17) is 4.74 Å². The van der Waals surface area contributed by atoms with Crippen molar-refractivity contribution in [2.24, 2.45) is 5.41 Å². The summed E-state index contributed by atoms with van der Waals surface area (Å²) in [5, 5.41) is 12.4. The number of amides is 1. The summed E-state index contributed by atoms with van der Waals surface area (Å²) in [5.41, 5.74) is 0.744. The van der Waals surface area contributed by atoms with E-state index in [1.807, 2.05) is 24.3 Å². The zero-order valence-corrected chi connectivity index (χ0v) is 16.7. The van der Waals surface area contributed by atoms with Crippen molar-refractivity contribution in [3.8, 4) is 0 Å². The molecule has 0 bridgehead atoms. The van der Waals surface area contributed by atoms with E-state index < -0.39 is 33.4 Å². The van der Waals surface area contributed by atoms with Gasteiger partial charge in [-0.1, -0.05) is 24.3 Å². The Morgan fingerprint density at radius 2 is 1.89 bits per heavy atom. The fourth-order valence-corrected chi connectivity index (χ4v) is 5.01. The van der Waals surface area contributed by atoms with Crippen LogP contribution >= 0.6 is 0 Å². The van der Waals surface area contributed by atoms with Crippen LogP contribution in [0.3, 0.4) is 0 Å². The first-order chi connectivity index (χ1) is 13.3. The molecule has 1 unspecified atom stereocenters. The number of benzene rings is 1. The van der Waals surface area contributed by atoms with Gasteiger partial charge in [0.05, 0.1) is 11.2 Å². The molecule has 1 amide bonds. The number of aliphatic carboxylic acids is 1. The number of carboxylic acid groups (broad SMARTS) is 1. The maximum absolute atomic E-state index is 12.9. The minimum absolute atomic E-state index is 0.0390. The SMILES string of the molecule is CCS(=O)(=O)N1Cc2ccccc2CC1C(=O)NCC1(C(=O)O)CCOCC1. The Bertz CT molecular complexity index is 848. The fraction of sp³-hybridized carbons (Fsp3) is 0.579. The van der Waals surface area contributed by atoms with Crippen LogP contribution in [0.2, 0.25) is 0 Å². The van der Waals surface area contributed by atoms with Crippen LogP contribution in [0.1, 0.15) is 30.9 Å². The Kier molecular flexibility index (Phi) is 6.07. The van der Waals surface area contributed by atoms with Crippen molar-refractivity contribution in [1.29, 1.82) is 0 Å². The van der Waals surface area contributed by atoms with Gasteiger partial charge in [0.2, 0.25) is 15.9 Å². The molecule has 1 fully saturated rings. The number of hydrogen-bond donors (Lipinski definition) is 2. The largest absolute Gasteiger partial charge is 0.481 e. The second-order valence-electron chi connectivity index (χ2n) is 7.35. The molecule has 28 heavy (non-hydrogen) atoms. The third kappa shape index (κ3) is 4.06. The maximum atomic E-state index is 12.9. The molecule has 0 saturated carbocycles. The molecular formula is C19H26N2O6S. The molecule has 8 nitrogen and oxygen atoms in total. The second kappa shape index (κ2) is 8.18. The van der Waals surface area contributed by atoms with Gasteiger partial charge in [0.1, 0.15) is 6.04 Å². The Balaban J connectivity index is 1.81. The molecule has 1 saturated heterocycles. The van der Waals surface area contributed by atoms with Crippen LogP contribution in [0.4, 0.5) is 0 Å². The van der Waals surface area contributed by atoms with Crippen molar-refractivity contribution in [3.05, 3.63) is 35.4 Å². The summed E-state index contributed by atoms with van der Waals surface area (Å²) < 4.78 is 31.7. The van der Waals surface area contributed by atoms with E-state index >= 15 is 0 Å². The van der Waals surface area contributed by atoms with Gasteiger partial charge in [0, 0.05) is 26.3 Å². The van der Waals surface area contributed by atoms with Gasteiger partial charge >= 0.3 is 5.97 Å². The molecule has 0 aromatic heterocycles. The van der Waals surface area contributed by atoms with Gasteiger partial charge in [-0.2, -0.15) is 4.31 Å². The summed E-state index contributed by atoms with van der Waals surface area (Å²) in [7, 11) is -3.60. The van der Waals surface area contributed by atoms with Crippen molar-refractivity contribution in [2.45, 2.75) is 38.8 Å². The summed E-state index contributed by atoms with van der Waals surface area (Å²) in [6, 6.07) is 6.58. The average molecular weight is 410 g/mol. The van der Waals surface area contributed by atoms with Gasteiger partial charge in [0.15, 0.2) is 0 Å². The lowest BCUT2D eigenvalue weighted by molar-refractivity contribution is -0.154. The monoisotopic (exact) mass is 410 g/mol. The predicted molar refractivity (Wildman–Crippen MR) is 102 cm³/mol. The molecule has 3 rings (SSSR count). The van der Waals surface area contributed by atoms with Crippen LogP contribution in [0.15, 0.2) is 24.3 Å². The lowest BCUT2D eigenvalue weighted by Crippen LogP contribution is -2.55. The molecule has 0 radical (unpaired) electrons. The van der Waals surface area contributed by atoms with E-state index in [1.165, 1.54) is 4.31 Å². The molecule has 2 aliphatic rings. The smallest absolute Gasteiger partial charge is 0.311 e. The Morgan fingerprint density at radius 3 is 2.50 bits per heavy atom. The Hall–Kier alpha value is -1.97. The number of ether oxygens (including phenoxy) is 1. The van der Waals surface area contributed by atoms with Crippen LogP contribution in [-0.2, 0) is 37.3 Å². The number of sulfonamides is 1. The number of hydrogen-bond acceptors (Lipinski definition) is 5. The molecular weight excluding hydrogens is 384 g/mol. The molecule has 154 valence electrons. The van der Waals surface area contributed by atoms with Crippen molar-refractivity contribution in [1.82, 2.24) is 9.62 Å². The number of carboxylic acids is 1. The molecule has 9 heteroatoms. The minimum atomic E-state index is -3.60. The van der Waals surface area contributed by atoms with Gasteiger partial charge in [-0.25, -0.2) is 8.42 Å². The summed E-state index contributed by atoms with van der Waals surface area (Å²) in [6.45, 7) is 2.31. The van der Waals surface area contributed by atoms with Crippen molar-refractivity contribution in [3.63, 3.8) is 0 Å². The summed E-state index contributed by atoms with van der Waals surface area (Å²) in [6.07, 6.45) is 0.893. The first-order valence-corrected chi connectivity index (χ1v) is 11.1. The van der Waals surface area contributed by atoms with Crippen molar-refractivity contribution in [2.75, 3.05) is 25.5 Å². The van der Waals surface area contributed by atoms with E-state index in [9.17, 15) is 23.1 Å². The van der Waals surface area contributed by atoms with Gasteiger partial charge < -0.3 is 15.2 Å². The quantitative estimate of drug-likeness (QED) is 0.716. The zero-order chi connectivity index (χ0) is 20.4. The highest BCUT2D eigenvalue weighted by atomic mass is 32.2. The van der Waals surface area contributed by atoms with E-state index in [1.54, 1.807) is 6.92 Å². The third-order valence-corrected chi connectivity index (χ3v) is 7.56. The standard InChI is InChI=1S/C19H26N2O6S/c1-2-28(25,26)21-12-15-6-4-3-5-14(15)11-16(21)17(22)20-13-19(18(23)24)7-9-27-10-8-19/h3-6,16H,2,7-13H2,1H3,(H,20,22)(H,23,24). The van der Waals surface area contributed by atoms with Gasteiger partial charge in [-0.05, 0) is 37.3 Å². The van der Waals surface area contributed by atoms with Crippen LogP contribution < -0.4 is 5.32 Å². The van der Waals surface area contributed by atoms with Gasteiger partial charge in [-0.3, -0.25) is 9.59 Å². The maximum Gasteiger partial charge on any atom is 0.311 e. The van der Waals surface area contributed by atoms with Crippen LogP contribution in [0.5, 0.6) is 0 Å². The summed E-state index contributed by atoms with van der Waals surface area (Å²) in [4.78, 5) is 24.7. The van der Waals surface area contributed by atoms with Gasteiger partial charge in [-0.15, -0.1) is 0 Å². The van der Waals surface area contributed by atoms with Gasteiger partial charge in [0.25, 0.3) is 0 Å². The van der Waals surface area contributed by atoms with E-state index in [-0.39, 0.29) is 25.3 Å². The summed E-state index contributed by atoms with van der Waals surface area (Å²) >= 11 is 0. The first-order valence-electron chi connectivity index (χ1n) is 9.44. The van der Waals surface area contributed by atoms with E-state index in [2.05, 4.69) is 5.32 Å². The molecule has 2 heterocycles. The highest BCUT2D eigenvalue weighted by molar-refractivity contribution is 7.89. The highest BCUT2D eigenvalue weighted by Crippen LogP contribution is 2.31. The number of rotatable bonds is 6. The molecule has 0 spiro atoms. The van der Waals surface area contributed by atoms with E-state index in [0.29, 0.717) is 26.1 Å². The fourth-order valence-electron chi connectivity index (χ4n) is 3.78. The highest BCUT2D eigenvalue weighted by Gasteiger charge is 2.43. The number of carbonyl (C=O) groups is 2. The number of carbonyl (C=O) groups excluding carboxylic acids is 1. The zero-order valence-electron chi connectivity index (χ0n) is 15.9. The third-order valence-electron chi connectivity index (χ3n) is 5.73. The molecule has 2 N–H and O–H groups in total. The normalized spacial score (nSPS) is 22.2. The molecule has 1 atom stereocenters. The van der Waals surface area contributed by atoms with Crippen LogP contribution in [0, 0.1) is 5.41 Å². The Morgan fingerprint density at radius 1 is 1.25 bits per heavy atom. The molecule has 0 aliphatic carbocycles. The average Bonchev–Trinajstić information content (AvgIpc) is 2.71. The number of nitrogens with one attached hydrogen (secondary N) is 1. The topological polar surface area (TPSA) is 113 Å². The lowest BCUT2D eigenvalue weighted by Gasteiger charge is -2.37.